The predicted molar refractivity (Wildman–Crippen MR) is 108 cm³/mol. The van der Waals surface area contributed by atoms with Crippen molar-refractivity contribution in [3.8, 4) is 17.4 Å². The van der Waals surface area contributed by atoms with Crippen LogP contribution >= 0.6 is 0 Å². The topological polar surface area (TPSA) is 87.9 Å². The number of ether oxygens (including phenoxy) is 3. The molecule has 3 aromatic rings. The van der Waals surface area contributed by atoms with Gasteiger partial charge in [0.15, 0.2) is 5.76 Å². The zero-order chi connectivity index (χ0) is 21.1. The van der Waals surface area contributed by atoms with Crippen LogP contribution in [0.25, 0.3) is 6.08 Å². The maximum Gasteiger partial charge on any atom is 0.311 e. The summed E-state index contributed by atoms with van der Waals surface area (Å²) in [5, 5.41) is 3.68. The standard InChI is InChI=1S/C23H19NO6/c1-14-4-3-5-15(10-14)11-20-23(26)18-8-6-16(12-19(18)29-20)28-22(25)9-7-17-13-21(27-2)24-30-17/h3-6,8,10-13H,7,9H2,1-2H3/b20-11-. The fourth-order valence-corrected chi connectivity index (χ4v) is 3.06. The Hall–Kier alpha value is -3.87. The molecule has 0 saturated carbocycles. The Balaban J connectivity index is 1.41. The Morgan fingerprint density at radius 2 is 2.03 bits per heavy atom. The molecule has 1 aromatic heterocycles. The van der Waals surface area contributed by atoms with Crippen LogP contribution in [-0.2, 0) is 11.2 Å². The molecule has 0 amide bonds. The lowest BCUT2D eigenvalue weighted by Crippen LogP contribution is -2.08. The summed E-state index contributed by atoms with van der Waals surface area (Å²) in [4.78, 5) is 24.7. The third kappa shape index (κ3) is 4.25. The summed E-state index contributed by atoms with van der Waals surface area (Å²) in [6.07, 6.45) is 2.14. The first-order valence-corrected chi connectivity index (χ1v) is 9.37. The van der Waals surface area contributed by atoms with E-state index in [-0.39, 0.29) is 18.0 Å². The minimum absolute atomic E-state index is 0.105. The number of aromatic nitrogens is 1. The van der Waals surface area contributed by atoms with Gasteiger partial charge in [0, 0.05) is 18.6 Å². The van der Waals surface area contributed by atoms with Crippen LogP contribution in [0.5, 0.6) is 17.4 Å². The maximum absolute atomic E-state index is 12.6. The van der Waals surface area contributed by atoms with Crippen molar-refractivity contribution in [3.05, 3.63) is 76.7 Å². The molecule has 152 valence electrons. The molecule has 1 aliphatic heterocycles. The van der Waals surface area contributed by atoms with Gasteiger partial charge in [-0.1, -0.05) is 29.8 Å². The Morgan fingerprint density at radius 3 is 2.80 bits per heavy atom. The summed E-state index contributed by atoms with van der Waals surface area (Å²) in [5.74, 6) is 1.14. The highest BCUT2D eigenvalue weighted by Crippen LogP contribution is 2.35. The number of carbonyl (C=O) groups excluding carboxylic acids is 2. The average Bonchev–Trinajstić information content (AvgIpc) is 3.31. The molecule has 7 nitrogen and oxygen atoms in total. The molecule has 0 aliphatic carbocycles. The maximum atomic E-state index is 12.6. The summed E-state index contributed by atoms with van der Waals surface area (Å²) in [6, 6.07) is 14.1. The summed E-state index contributed by atoms with van der Waals surface area (Å²) in [5.41, 5.74) is 2.40. The molecule has 1 aliphatic rings. The van der Waals surface area contributed by atoms with Gasteiger partial charge in [0.2, 0.25) is 5.78 Å². The van der Waals surface area contributed by atoms with E-state index in [0.717, 1.165) is 11.1 Å². The van der Waals surface area contributed by atoms with Gasteiger partial charge in [0.05, 0.1) is 19.1 Å². The number of carbonyl (C=O) groups is 2. The van der Waals surface area contributed by atoms with Gasteiger partial charge in [-0.2, -0.15) is 0 Å². The summed E-state index contributed by atoms with van der Waals surface area (Å²) < 4.78 is 21.1. The molecule has 4 rings (SSSR count). The second-order valence-electron chi connectivity index (χ2n) is 6.82. The fraction of sp³-hybridized carbons (Fsp3) is 0.174. The lowest BCUT2D eigenvalue weighted by atomic mass is 10.1. The van der Waals surface area contributed by atoms with Crippen LogP contribution in [0.15, 0.2) is 58.8 Å². The second kappa shape index (κ2) is 8.24. The van der Waals surface area contributed by atoms with E-state index in [9.17, 15) is 9.59 Å². The van der Waals surface area contributed by atoms with Crippen molar-refractivity contribution in [1.29, 1.82) is 0 Å². The zero-order valence-corrected chi connectivity index (χ0v) is 16.5. The van der Waals surface area contributed by atoms with E-state index in [1.165, 1.54) is 7.11 Å². The third-order valence-electron chi connectivity index (χ3n) is 4.53. The van der Waals surface area contributed by atoms with Gasteiger partial charge in [-0.25, -0.2) is 0 Å². The molecule has 0 saturated heterocycles. The third-order valence-corrected chi connectivity index (χ3v) is 4.53. The van der Waals surface area contributed by atoms with E-state index in [4.69, 9.17) is 18.7 Å². The lowest BCUT2D eigenvalue weighted by molar-refractivity contribution is -0.134. The molecule has 0 bridgehead atoms. The molecule has 2 aromatic carbocycles. The molecule has 0 spiro atoms. The van der Waals surface area contributed by atoms with Crippen molar-refractivity contribution in [2.75, 3.05) is 7.11 Å². The van der Waals surface area contributed by atoms with Gasteiger partial charge in [-0.15, -0.1) is 0 Å². The summed E-state index contributed by atoms with van der Waals surface area (Å²) in [6.45, 7) is 1.98. The first-order valence-electron chi connectivity index (χ1n) is 9.37. The Bertz CT molecular complexity index is 1140. The van der Waals surface area contributed by atoms with Gasteiger partial charge in [0.25, 0.3) is 5.88 Å². The molecular weight excluding hydrogens is 386 g/mol. The van der Waals surface area contributed by atoms with Gasteiger partial charge < -0.3 is 18.7 Å². The highest BCUT2D eigenvalue weighted by Gasteiger charge is 2.28. The molecule has 2 heterocycles. The number of hydrogen-bond donors (Lipinski definition) is 0. The monoisotopic (exact) mass is 405 g/mol. The number of Topliss-reactive ketones (excluding diaryl/α,β-unsaturated/α-hetero) is 1. The van der Waals surface area contributed by atoms with Gasteiger partial charge >= 0.3 is 5.97 Å². The number of esters is 1. The van der Waals surface area contributed by atoms with E-state index in [0.29, 0.717) is 35.1 Å². The van der Waals surface area contributed by atoms with Crippen molar-refractivity contribution >= 4 is 17.8 Å². The van der Waals surface area contributed by atoms with Crippen LogP contribution < -0.4 is 14.2 Å². The predicted octanol–water partition coefficient (Wildman–Crippen LogP) is 4.15. The van der Waals surface area contributed by atoms with Crippen LogP contribution in [0, 0.1) is 6.92 Å². The molecular formula is C23H19NO6. The number of methoxy groups -OCH3 is 1. The van der Waals surface area contributed by atoms with Gasteiger partial charge in [-0.3, -0.25) is 9.59 Å². The van der Waals surface area contributed by atoms with Crippen molar-refractivity contribution in [1.82, 2.24) is 5.16 Å². The van der Waals surface area contributed by atoms with Crippen LogP contribution in [-0.4, -0.2) is 24.0 Å². The van der Waals surface area contributed by atoms with Crippen LogP contribution in [0.4, 0.5) is 0 Å². The molecule has 7 heteroatoms. The SMILES string of the molecule is COc1cc(CCC(=O)Oc2ccc3c(c2)O/C(=C\c2cccc(C)c2)C3=O)on1. The van der Waals surface area contributed by atoms with Crippen molar-refractivity contribution < 1.29 is 28.3 Å². The highest BCUT2D eigenvalue weighted by molar-refractivity contribution is 6.14. The first kappa shape index (κ1) is 19.4. The van der Waals surface area contributed by atoms with Crippen LogP contribution in [0.1, 0.15) is 33.7 Å². The number of aryl methyl sites for hydroxylation is 2. The number of fused-ring (bicyclic) bond motifs is 1. The number of nitrogens with zero attached hydrogens (tertiary/aromatic N) is 1. The highest BCUT2D eigenvalue weighted by atomic mass is 16.5. The minimum atomic E-state index is -0.440. The molecule has 0 fully saturated rings. The van der Waals surface area contributed by atoms with Crippen molar-refractivity contribution in [3.63, 3.8) is 0 Å². The Morgan fingerprint density at radius 1 is 1.17 bits per heavy atom. The second-order valence-corrected chi connectivity index (χ2v) is 6.82. The molecule has 0 radical (unpaired) electrons. The number of allylic oxidation sites excluding steroid dienone is 1. The fourth-order valence-electron chi connectivity index (χ4n) is 3.06. The molecule has 0 atom stereocenters. The first-order chi connectivity index (χ1) is 14.5. The van der Waals surface area contributed by atoms with Gasteiger partial charge in [-0.05, 0) is 35.9 Å². The van der Waals surface area contributed by atoms with Crippen molar-refractivity contribution in [2.45, 2.75) is 19.8 Å². The molecule has 0 unspecified atom stereocenters. The molecule has 0 N–H and O–H groups in total. The quantitative estimate of drug-likeness (QED) is 0.346. The number of hydrogen-bond acceptors (Lipinski definition) is 7. The normalized spacial score (nSPS) is 13.8. The van der Waals surface area contributed by atoms with Crippen LogP contribution in [0.3, 0.4) is 0 Å². The summed E-state index contributed by atoms with van der Waals surface area (Å²) >= 11 is 0. The van der Waals surface area contributed by atoms with Gasteiger partial charge in [0.1, 0.15) is 17.3 Å². The lowest BCUT2D eigenvalue weighted by Gasteiger charge is -2.05. The number of benzene rings is 2. The van der Waals surface area contributed by atoms with Crippen LogP contribution in [0.2, 0.25) is 0 Å². The van der Waals surface area contributed by atoms with E-state index in [1.54, 1.807) is 30.3 Å². The Labute approximate surface area is 172 Å². The zero-order valence-electron chi connectivity index (χ0n) is 16.5. The average molecular weight is 405 g/mol. The van der Waals surface area contributed by atoms with E-state index >= 15 is 0 Å². The smallest absolute Gasteiger partial charge is 0.311 e. The van der Waals surface area contributed by atoms with E-state index in [2.05, 4.69) is 5.16 Å². The minimum Gasteiger partial charge on any atom is -0.479 e. The van der Waals surface area contributed by atoms with E-state index in [1.807, 2.05) is 31.2 Å². The number of ketones is 1. The molecule has 30 heavy (non-hydrogen) atoms. The Kier molecular flexibility index (Phi) is 5.34. The summed E-state index contributed by atoms with van der Waals surface area (Å²) in [7, 11) is 1.48. The number of rotatable bonds is 6. The van der Waals surface area contributed by atoms with Crippen molar-refractivity contribution in [2.24, 2.45) is 0 Å². The largest absolute Gasteiger partial charge is 0.479 e. The van der Waals surface area contributed by atoms with E-state index < -0.39 is 5.97 Å².